The second kappa shape index (κ2) is 5.64. The van der Waals surface area contributed by atoms with Gasteiger partial charge in [0.05, 0.1) is 12.5 Å². The van der Waals surface area contributed by atoms with E-state index >= 15 is 0 Å². The lowest BCUT2D eigenvalue weighted by atomic mass is 10.1. The van der Waals surface area contributed by atoms with Crippen LogP contribution in [0.25, 0.3) is 0 Å². The van der Waals surface area contributed by atoms with Crippen molar-refractivity contribution < 1.29 is 26.7 Å². The Hall–Kier alpha value is -1.18. The summed E-state index contributed by atoms with van der Waals surface area (Å²) in [6.07, 6.45) is -7.87. The van der Waals surface area contributed by atoms with E-state index in [0.29, 0.717) is 0 Å². The highest BCUT2D eigenvalue weighted by atomic mass is 127. The molecule has 0 unspecified atom stereocenters. The standard InChI is InChI=1S/C9H4F5IN2O/c10-7(11)6-4(1-2-16)8(17-3-5(6)15)18-9(12,13)14/h3,7H,1H2. The normalized spacial score (nSPS) is 11.4. The fourth-order valence-corrected chi connectivity index (χ4v) is 1.91. The van der Waals surface area contributed by atoms with Gasteiger partial charge >= 0.3 is 6.36 Å². The molecule has 9 heteroatoms. The Labute approximate surface area is 112 Å². The van der Waals surface area contributed by atoms with Crippen LogP contribution in [0.1, 0.15) is 17.6 Å². The second-order valence-corrected chi connectivity index (χ2v) is 4.15. The molecule has 0 saturated heterocycles. The number of nitriles is 1. The SMILES string of the molecule is N#CCc1c(OC(F)(F)F)ncc(I)c1C(F)F. The maximum atomic E-state index is 12.7. The summed E-state index contributed by atoms with van der Waals surface area (Å²) < 4.78 is 65.2. The van der Waals surface area contributed by atoms with Crippen molar-refractivity contribution in [2.75, 3.05) is 0 Å². The minimum absolute atomic E-state index is 0.0256. The Morgan fingerprint density at radius 2 is 2.06 bits per heavy atom. The Balaban J connectivity index is 3.35. The monoisotopic (exact) mass is 378 g/mol. The zero-order valence-electron chi connectivity index (χ0n) is 8.43. The number of halogens is 6. The first kappa shape index (κ1) is 14.9. The highest BCUT2D eigenvalue weighted by Crippen LogP contribution is 2.34. The van der Waals surface area contributed by atoms with Crippen LogP contribution >= 0.6 is 22.6 Å². The van der Waals surface area contributed by atoms with Crippen molar-refractivity contribution in [3.63, 3.8) is 0 Å². The van der Waals surface area contributed by atoms with Gasteiger partial charge in [0.1, 0.15) is 0 Å². The highest BCUT2D eigenvalue weighted by molar-refractivity contribution is 14.1. The number of hydrogen-bond donors (Lipinski definition) is 0. The molecule has 18 heavy (non-hydrogen) atoms. The van der Waals surface area contributed by atoms with Crippen molar-refractivity contribution in [2.24, 2.45) is 0 Å². The molecule has 0 N–H and O–H groups in total. The minimum atomic E-state index is -5.05. The van der Waals surface area contributed by atoms with E-state index in [4.69, 9.17) is 5.26 Å². The number of alkyl halides is 5. The number of hydrogen-bond acceptors (Lipinski definition) is 3. The molecule has 0 aromatic carbocycles. The van der Waals surface area contributed by atoms with Gasteiger partial charge in [0.25, 0.3) is 6.43 Å². The molecule has 0 amide bonds. The van der Waals surface area contributed by atoms with Gasteiger partial charge in [-0.15, -0.1) is 13.2 Å². The van der Waals surface area contributed by atoms with Gasteiger partial charge in [-0.3, -0.25) is 0 Å². The summed E-state index contributed by atoms with van der Waals surface area (Å²) in [5.41, 5.74) is -1.21. The lowest BCUT2D eigenvalue weighted by molar-refractivity contribution is -0.276. The summed E-state index contributed by atoms with van der Waals surface area (Å²) >= 11 is 1.51. The first-order chi connectivity index (χ1) is 8.26. The minimum Gasteiger partial charge on any atom is -0.388 e. The maximum absolute atomic E-state index is 12.7. The van der Waals surface area contributed by atoms with Gasteiger partial charge in [-0.25, -0.2) is 13.8 Å². The van der Waals surface area contributed by atoms with Crippen LogP contribution in [0.5, 0.6) is 5.88 Å². The molecule has 0 aliphatic rings. The zero-order chi connectivity index (χ0) is 13.9. The van der Waals surface area contributed by atoms with Gasteiger partial charge in [-0.05, 0) is 22.6 Å². The average Bonchev–Trinajstić information content (AvgIpc) is 2.20. The van der Waals surface area contributed by atoms with Crippen LogP contribution < -0.4 is 4.74 Å². The van der Waals surface area contributed by atoms with Crippen LogP contribution in [0, 0.1) is 14.9 Å². The first-order valence-electron chi connectivity index (χ1n) is 4.34. The number of pyridine rings is 1. The van der Waals surface area contributed by atoms with Gasteiger partial charge in [-0.1, -0.05) is 0 Å². The molecular weight excluding hydrogens is 374 g/mol. The van der Waals surface area contributed by atoms with E-state index in [1.807, 2.05) is 0 Å². The molecule has 98 valence electrons. The third-order valence-electron chi connectivity index (χ3n) is 1.82. The lowest BCUT2D eigenvalue weighted by Gasteiger charge is -2.14. The number of aromatic nitrogens is 1. The molecule has 1 heterocycles. The predicted molar refractivity (Wildman–Crippen MR) is 57.9 cm³/mol. The van der Waals surface area contributed by atoms with E-state index < -0.39 is 36.2 Å². The van der Waals surface area contributed by atoms with Gasteiger partial charge in [0, 0.05) is 20.9 Å². The van der Waals surface area contributed by atoms with Crippen LogP contribution in [-0.2, 0) is 6.42 Å². The topological polar surface area (TPSA) is 45.9 Å². The Morgan fingerprint density at radius 3 is 2.50 bits per heavy atom. The zero-order valence-corrected chi connectivity index (χ0v) is 10.6. The molecule has 0 fully saturated rings. The molecule has 1 rings (SSSR count). The Morgan fingerprint density at radius 1 is 1.44 bits per heavy atom. The van der Waals surface area contributed by atoms with Crippen molar-refractivity contribution in [3.05, 3.63) is 20.9 Å². The van der Waals surface area contributed by atoms with E-state index in [1.54, 1.807) is 0 Å². The van der Waals surface area contributed by atoms with Crippen molar-refractivity contribution in [1.29, 1.82) is 5.26 Å². The highest BCUT2D eigenvalue weighted by Gasteiger charge is 2.34. The maximum Gasteiger partial charge on any atom is 0.574 e. The molecule has 1 aromatic rings. The molecule has 0 radical (unpaired) electrons. The first-order valence-corrected chi connectivity index (χ1v) is 5.42. The van der Waals surface area contributed by atoms with E-state index in [2.05, 4.69) is 9.72 Å². The molecule has 0 aliphatic heterocycles. The fraction of sp³-hybridized carbons (Fsp3) is 0.333. The van der Waals surface area contributed by atoms with Crippen molar-refractivity contribution >= 4 is 22.6 Å². The van der Waals surface area contributed by atoms with Crippen molar-refractivity contribution in [2.45, 2.75) is 19.2 Å². The predicted octanol–water partition coefficient (Wildman–Crippen LogP) is 3.59. The quantitative estimate of drug-likeness (QED) is 0.597. The molecule has 3 nitrogen and oxygen atoms in total. The fourth-order valence-electron chi connectivity index (χ4n) is 1.21. The summed E-state index contributed by atoms with van der Waals surface area (Å²) in [6.45, 7) is 0. The third-order valence-corrected chi connectivity index (χ3v) is 2.68. The summed E-state index contributed by atoms with van der Waals surface area (Å²) in [7, 11) is 0. The number of ether oxygens (including phenoxy) is 1. The molecule has 0 spiro atoms. The second-order valence-electron chi connectivity index (χ2n) is 2.99. The van der Waals surface area contributed by atoms with Gasteiger partial charge in [0.2, 0.25) is 5.88 Å². The third kappa shape index (κ3) is 3.66. The largest absolute Gasteiger partial charge is 0.574 e. The van der Waals surface area contributed by atoms with Crippen LogP contribution in [0.2, 0.25) is 0 Å². The summed E-state index contributed by atoms with van der Waals surface area (Å²) in [6, 6.07) is 1.51. The van der Waals surface area contributed by atoms with Crippen molar-refractivity contribution in [3.8, 4) is 11.9 Å². The van der Waals surface area contributed by atoms with E-state index in [0.717, 1.165) is 6.20 Å². The van der Waals surface area contributed by atoms with Crippen LogP contribution in [-0.4, -0.2) is 11.3 Å². The molecule has 0 saturated carbocycles. The Bertz CT molecular complexity index is 483. The summed E-state index contributed by atoms with van der Waals surface area (Å²) in [4.78, 5) is 3.29. The van der Waals surface area contributed by atoms with Crippen molar-refractivity contribution in [1.82, 2.24) is 4.98 Å². The smallest absolute Gasteiger partial charge is 0.388 e. The molecule has 0 atom stereocenters. The van der Waals surface area contributed by atoms with E-state index in [9.17, 15) is 22.0 Å². The summed E-state index contributed by atoms with van der Waals surface area (Å²) in [5.74, 6) is -1.01. The number of nitrogens with zero attached hydrogens (tertiary/aromatic N) is 2. The number of rotatable bonds is 3. The van der Waals surface area contributed by atoms with Gasteiger partial charge in [0.15, 0.2) is 0 Å². The molecule has 0 bridgehead atoms. The van der Waals surface area contributed by atoms with E-state index in [-0.39, 0.29) is 3.57 Å². The van der Waals surface area contributed by atoms with Crippen LogP contribution in [0.15, 0.2) is 6.20 Å². The molecule has 0 aliphatic carbocycles. The molecule has 1 aromatic heterocycles. The van der Waals surface area contributed by atoms with Crippen LogP contribution in [0.3, 0.4) is 0 Å². The van der Waals surface area contributed by atoms with Crippen LogP contribution in [0.4, 0.5) is 22.0 Å². The Kier molecular flexibility index (Phi) is 4.66. The van der Waals surface area contributed by atoms with Gasteiger partial charge < -0.3 is 4.74 Å². The van der Waals surface area contributed by atoms with E-state index in [1.165, 1.54) is 28.7 Å². The lowest BCUT2D eigenvalue weighted by Crippen LogP contribution is -2.20. The average molecular weight is 378 g/mol. The summed E-state index contributed by atoms with van der Waals surface area (Å²) in [5, 5.41) is 8.48. The molecular formula is C9H4F5IN2O. The van der Waals surface area contributed by atoms with Gasteiger partial charge in [-0.2, -0.15) is 5.26 Å².